The fourth-order valence-corrected chi connectivity index (χ4v) is 2.26. The lowest BCUT2D eigenvalue weighted by Gasteiger charge is -2.30. The maximum absolute atomic E-state index is 12.3. The first kappa shape index (κ1) is 13.5. The van der Waals surface area contributed by atoms with Gasteiger partial charge in [-0.1, -0.05) is 6.07 Å². The van der Waals surface area contributed by atoms with Gasteiger partial charge in [0, 0.05) is 31.3 Å². The van der Waals surface area contributed by atoms with Crippen molar-refractivity contribution in [3.8, 4) is 0 Å². The minimum Gasteiger partial charge on any atom is -0.391 e. The largest absolute Gasteiger partial charge is 0.391 e. The monoisotopic (exact) mass is 262 g/mol. The molecule has 1 fully saturated rings. The number of aliphatic hydroxyl groups is 1. The van der Waals surface area contributed by atoms with Crippen molar-refractivity contribution in [1.82, 2.24) is 4.90 Å². The second kappa shape index (κ2) is 5.84. The average molecular weight is 262 g/mol. The highest BCUT2D eigenvalue weighted by Gasteiger charge is 2.23. The number of likely N-dealkylation sites (tertiary alicyclic amines) is 1. The molecule has 0 aliphatic carbocycles. The van der Waals surface area contributed by atoms with E-state index in [4.69, 9.17) is 0 Å². The molecule has 0 saturated carbocycles. The number of rotatable bonds is 2. The molecule has 0 unspecified atom stereocenters. The molecule has 0 aromatic heterocycles. The Balaban J connectivity index is 2.12. The Morgan fingerprint density at radius 1 is 1.42 bits per heavy atom. The Kier molecular flexibility index (Phi) is 4.16. The molecule has 5 nitrogen and oxygen atoms in total. The van der Waals surface area contributed by atoms with E-state index in [0.29, 0.717) is 24.3 Å². The van der Waals surface area contributed by atoms with Crippen LogP contribution in [0.15, 0.2) is 24.3 Å². The van der Waals surface area contributed by atoms with Gasteiger partial charge in [0.1, 0.15) is 0 Å². The molecule has 1 heterocycles. The number of hydrogen-bond donors (Lipinski definition) is 2. The van der Waals surface area contributed by atoms with Crippen LogP contribution < -0.4 is 5.32 Å². The van der Waals surface area contributed by atoms with E-state index in [-0.39, 0.29) is 11.8 Å². The molecule has 1 saturated heterocycles. The Morgan fingerprint density at radius 3 is 2.89 bits per heavy atom. The molecule has 0 bridgehead atoms. The summed E-state index contributed by atoms with van der Waals surface area (Å²) < 4.78 is 0. The summed E-state index contributed by atoms with van der Waals surface area (Å²) in [5.41, 5.74) is 1.14. The third-order valence-electron chi connectivity index (χ3n) is 3.11. The number of piperidine rings is 1. The lowest BCUT2D eigenvalue weighted by Crippen LogP contribution is -2.42. The topological polar surface area (TPSA) is 69.6 Å². The van der Waals surface area contributed by atoms with Gasteiger partial charge in [0.2, 0.25) is 5.91 Å². The van der Waals surface area contributed by atoms with Crippen LogP contribution in [0.2, 0.25) is 0 Å². The number of anilines is 1. The number of carbonyl (C=O) groups is 2. The van der Waals surface area contributed by atoms with Gasteiger partial charge in [-0.15, -0.1) is 0 Å². The van der Waals surface area contributed by atoms with E-state index in [0.717, 1.165) is 12.8 Å². The van der Waals surface area contributed by atoms with Crippen molar-refractivity contribution in [2.24, 2.45) is 0 Å². The first-order chi connectivity index (χ1) is 9.06. The Bertz CT molecular complexity index is 487. The van der Waals surface area contributed by atoms with E-state index in [1.54, 1.807) is 29.2 Å². The quantitative estimate of drug-likeness (QED) is 0.842. The number of amides is 2. The maximum Gasteiger partial charge on any atom is 0.254 e. The smallest absolute Gasteiger partial charge is 0.254 e. The predicted octanol–water partition coefficient (Wildman–Crippen LogP) is 1.24. The molecule has 0 radical (unpaired) electrons. The van der Waals surface area contributed by atoms with Gasteiger partial charge in [0.05, 0.1) is 6.10 Å². The van der Waals surface area contributed by atoms with Crippen molar-refractivity contribution in [1.29, 1.82) is 0 Å². The molecule has 0 spiro atoms. The number of nitrogens with zero attached hydrogens (tertiary/aromatic N) is 1. The molecular weight excluding hydrogens is 244 g/mol. The second-order valence-corrected chi connectivity index (χ2v) is 4.81. The van der Waals surface area contributed by atoms with Crippen LogP contribution >= 0.6 is 0 Å². The van der Waals surface area contributed by atoms with Gasteiger partial charge >= 0.3 is 0 Å². The number of aliphatic hydroxyl groups excluding tert-OH is 1. The summed E-state index contributed by atoms with van der Waals surface area (Å²) in [4.78, 5) is 24.9. The van der Waals surface area contributed by atoms with Crippen LogP contribution in [0.4, 0.5) is 5.69 Å². The van der Waals surface area contributed by atoms with Gasteiger partial charge in [-0.3, -0.25) is 9.59 Å². The number of hydrogen-bond acceptors (Lipinski definition) is 3. The summed E-state index contributed by atoms with van der Waals surface area (Å²) in [6, 6.07) is 6.85. The number of β-amino-alcohol motifs (C(OH)–C–C–N with tert-alkyl or cyclic N) is 1. The summed E-state index contributed by atoms with van der Waals surface area (Å²) in [6.45, 7) is 2.47. The van der Waals surface area contributed by atoms with Crippen molar-refractivity contribution < 1.29 is 14.7 Å². The van der Waals surface area contributed by atoms with E-state index in [1.807, 2.05) is 0 Å². The average Bonchev–Trinajstić information content (AvgIpc) is 2.37. The van der Waals surface area contributed by atoms with Crippen LogP contribution in [0.25, 0.3) is 0 Å². The minimum atomic E-state index is -0.434. The van der Waals surface area contributed by atoms with Gasteiger partial charge in [-0.05, 0) is 31.0 Å². The van der Waals surface area contributed by atoms with Crippen molar-refractivity contribution >= 4 is 17.5 Å². The van der Waals surface area contributed by atoms with Gasteiger partial charge in [-0.25, -0.2) is 0 Å². The molecule has 1 aromatic carbocycles. The Hall–Kier alpha value is -1.88. The van der Waals surface area contributed by atoms with Gasteiger partial charge < -0.3 is 15.3 Å². The van der Waals surface area contributed by atoms with Crippen molar-refractivity contribution in [2.45, 2.75) is 25.9 Å². The standard InChI is InChI=1S/C14H18N2O3/c1-10(17)15-12-5-2-4-11(8-12)14(19)16-7-3-6-13(18)9-16/h2,4-5,8,13,18H,3,6-7,9H2,1H3,(H,15,17)/t13-/m0/s1. The predicted molar refractivity (Wildman–Crippen MR) is 71.9 cm³/mol. The number of carbonyl (C=O) groups excluding carboxylic acids is 2. The van der Waals surface area contributed by atoms with E-state index in [1.165, 1.54) is 6.92 Å². The van der Waals surface area contributed by atoms with Crippen LogP contribution in [0, 0.1) is 0 Å². The van der Waals surface area contributed by atoms with E-state index < -0.39 is 6.10 Å². The van der Waals surface area contributed by atoms with E-state index >= 15 is 0 Å². The maximum atomic E-state index is 12.3. The van der Waals surface area contributed by atoms with Gasteiger partial charge in [0.25, 0.3) is 5.91 Å². The van der Waals surface area contributed by atoms with Crippen LogP contribution in [0.3, 0.4) is 0 Å². The van der Waals surface area contributed by atoms with Crippen LogP contribution in [-0.4, -0.2) is 41.0 Å². The van der Waals surface area contributed by atoms with E-state index in [2.05, 4.69) is 5.32 Å². The lowest BCUT2D eigenvalue weighted by atomic mass is 10.1. The molecule has 2 amide bonds. The Morgan fingerprint density at radius 2 is 2.21 bits per heavy atom. The Labute approximate surface area is 112 Å². The zero-order valence-corrected chi connectivity index (χ0v) is 10.9. The van der Waals surface area contributed by atoms with Crippen LogP contribution in [-0.2, 0) is 4.79 Å². The van der Waals surface area contributed by atoms with Gasteiger partial charge in [0.15, 0.2) is 0 Å². The molecule has 2 N–H and O–H groups in total. The van der Waals surface area contributed by atoms with Crippen LogP contribution in [0.1, 0.15) is 30.1 Å². The third-order valence-corrected chi connectivity index (χ3v) is 3.11. The normalized spacial score (nSPS) is 19.1. The van der Waals surface area contributed by atoms with Crippen molar-refractivity contribution in [3.63, 3.8) is 0 Å². The molecule has 19 heavy (non-hydrogen) atoms. The molecule has 1 atom stereocenters. The molecule has 102 valence electrons. The SMILES string of the molecule is CC(=O)Nc1cccc(C(=O)N2CCC[C@H](O)C2)c1. The zero-order chi connectivity index (χ0) is 13.8. The fraction of sp³-hybridized carbons (Fsp3) is 0.429. The highest BCUT2D eigenvalue weighted by molar-refractivity contribution is 5.96. The molecule has 2 rings (SSSR count). The number of nitrogens with one attached hydrogen (secondary N) is 1. The van der Waals surface area contributed by atoms with Crippen molar-refractivity contribution in [3.05, 3.63) is 29.8 Å². The summed E-state index contributed by atoms with van der Waals surface area (Å²) in [6.07, 6.45) is 1.13. The summed E-state index contributed by atoms with van der Waals surface area (Å²) in [7, 11) is 0. The van der Waals surface area contributed by atoms with Crippen LogP contribution in [0.5, 0.6) is 0 Å². The zero-order valence-electron chi connectivity index (χ0n) is 10.9. The number of benzene rings is 1. The van der Waals surface area contributed by atoms with Crippen molar-refractivity contribution in [2.75, 3.05) is 18.4 Å². The van der Waals surface area contributed by atoms with E-state index in [9.17, 15) is 14.7 Å². The fourth-order valence-electron chi connectivity index (χ4n) is 2.26. The minimum absolute atomic E-state index is 0.106. The first-order valence-corrected chi connectivity index (χ1v) is 6.41. The highest BCUT2D eigenvalue weighted by atomic mass is 16.3. The highest BCUT2D eigenvalue weighted by Crippen LogP contribution is 2.16. The lowest BCUT2D eigenvalue weighted by molar-refractivity contribution is -0.114. The summed E-state index contributed by atoms with van der Waals surface area (Å²) in [5.74, 6) is -0.274. The molecular formula is C14H18N2O3. The van der Waals surface area contributed by atoms with Gasteiger partial charge in [-0.2, -0.15) is 0 Å². The summed E-state index contributed by atoms with van der Waals surface area (Å²) >= 11 is 0. The first-order valence-electron chi connectivity index (χ1n) is 6.41. The summed E-state index contributed by atoms with van der Waals surface area (Å²) in [5, 5.41) is 12.3. The molecule has 5 heteroatoms. The molecule has 1 aromatic rings. The molecule has 1 aliphatic rings. The molecule has 1 aliphatic heterocycles. The third kappa shape index (κ3) is 3.54. The second-order valence-electron chi connectivity index (χ2n) is 4.81.